The van der Waals surface area contributed by atoms with Crippen LogP contribution in [0.5, 0.6) is 5.75 Å². The van der Waals surface area contributed by atoms with Gasteiger partial charge in [-0.2, -0.15) is 0 Å². The monoisotopic (exact) mass is 361 g/mol. The maximum Gasteiger partial charge on any atom is 0.244 e. The van der Waals surface area contributed by atoms with Crippen LogP contribution >= 0.6 is 0 Å². The maximum absolute atomic E-state index is 12.7. The Morgan fingerprint density at radius 3 is 2.76 bits per heavy atom. The molecule has 0 bridgehead atoms. The van der Waals surface area contributed by atoms with Gasteiger partial charge < -0.3 is 9.64 Å². The highest BCUT2D eigenvalue weighted by molar-refractivity contribution is 7.89. The van der Waals surface area contributed by atoms with Crippen molar-refractivity contribution in [1.82, 2.24) is 9.71 Å². The summed E-state index contributed by atoms with van der Waals surface area (Å²) >= 11 is 0. The topological polar surface area (TPSA) is 88.6 Å². The van der Waals surface area contributed by atoms with Gasteiger partial charge in [0.05, 0.1) is 19.3 Å². The molecule has 1 fully saturated rings. The van der Waals surface area contributed by atoms with Gasteiger partial charge in [0.2, 0.25) is 15.9 Å². The number of carbonyl (C=O) groups is 1. The molecule has 7 nitrogen and oxygen atoms in total. The second-order valence-corrected chi connectivity index (χ2v) is 7.37. The molecule has 132 valence electrons. The van der Waals surface area contributed by atoms with Crippen LogP contribution in [-0.2, 0) is 21.4 Å². The zero-order valence-electron chi connectivity index (χ0n) is 13.8. The zero-order valence-corrected chi connectivity index (χ0v) is 14.6. The Balaban J connectivity index is 1.89. The average Bonchev–Trinajstić information content (AvgIpc) is 3.06. The molecule has 1 saturated heterocycles. The molecule has 0 spiro atoms. The number of amides is 1. The van der Waals surface area contributed by atoms with Crippen LogP contribution in [0.15, 0.2) is 47.5 Å². The Hall–Kier alpha value is -2.45. The standard InChI is InChI=1S/C17H19N3O4S/c1-24-15-8-7-14(20-10-4-6-17(20)21)11-16(15)25(22,23)19-12-13-5-2-3-9-18-13/h2-3,5,7-9,11,19H,4,6,10,12H2,1H3. The summed E-state index contributed by atoms with van der Waals surface area (Å²) in [7, 11) is -2.41. The maximum atomic E-state index is 12.7. The molecule has 1 aromatic heterocycles. The highest BCUT2D eigenvalue weighted by Crippen LogP contribution is 2.30. The van der Waals surface area contributed by atoms with Crippen molar-refractivity contribution < 1.29 is 17.9 Å². The van der Waals surface area contributed by atoms with Gasteiger partial charge in [-0.15, -0.1) is 0 Å². The average molecular weight is 361 g/mol. The minimum Gasteiger partial charge on any atom is -0.495 e. The number of hydrogen-bond donors (Lipinski definition) is 1. The number of pyridine rings is 1. The van der Waals surface area contributed by atoms with Crippen LogP contribution < -0.4 is 14.4 Å². The molecule has 0 atom stereocenters. The first kappa shape index (κ1) is 17.4. The summed E-state index contributed by atoms with van der Waals surface area (Å²) < 4.78 is 33.1. The molecule has 1 N–H and O–H groups in total. The van der Waals surface area contributed by atoms with Crippen molar-refractivity contribution in [1.29, 1.82) is 0 Å². The molecule has 0 unspecified atom stereocenters. The van der Waals surface area contributed by atoms with E-state index in [0.29, 0.717) is 24.3 Å². The third kappa shape index (κ3) is 3.80. The first-order valence-corrected chi connectivity index (χ1v) is 9.37. The molecular weight excluding hydrogens is 342 g/mol. The number of rotatable bonds is 6. The van der Waals surface area contributed by atoms with Gasteiger partial charge in [-0.05, 0) is 36.8 Å². The third-order valence-electron chi connectivity index (χ3n) is 3.99. The van der Waals surface area contributed by atoms with Crippen molar-refractivity contribution in [3.8, 4) is 5.75 Å². The molecule has 8 heteroatoms. The Morgan fingerprint density at radius 1 is 1.28 bits per heavy atom. The number of methoxy groups -OCH3 is 1. The smallest absolute Gasteiger partial charge is 0.244 e. The van der Waals surface area contributed by atoms with Crippen molar-refractivity contribution in [2.75, 3.05) is 18.6 Å². The Labute approximate surface area is 146 Å². The molecule has 1 aliphatic rings. The van der Waals surface area contributed by atoms with Gasteiger partial charge >= 0.3 is 0 Å². The van der Waals surface area contributed by atoms with Crippen molar-refractivity contribution in [2.24, 2.45) is 0 Å². The summed E-state index contributed by atoms with van der Waals surface area (Å²) in [6.45, 7) is 0.658. The first-order chi connectivity index (χ1) is 12.0. The summed E-state index contributed by atoms with van der Waals surface area (Å²) in [5.74, 6) is 0.221. The highest BCUT2D eigenvalue weighted by Gasteiger charge is 2.26. The van der Waals surface area contributed by atoms with Gasteiger partial charge in [-0.3, -0.25) is 9.78 Å². The van der Waals surface area contributed by atoms with Crippen molar-refractivity contribution >= 4 is 21.6 Å². The van der Waals surface area contributed by atoms with E-state index < -0.39 is 10.0 Å². The number of sulfonamides is 1. The van der Waals surface area contributed by atoms with E-state index in [1.54, 1.807) is 41.4 Å². The van der Waals surface area contributed by atoms with E-state index in [1.165, 1.54) is 13.2 Å². The quantitative estimate of drug-likeness (QED) is 0.846. The number of carbonyl (C=O) groups excluding carboxylic acids is 1. The fraction of sp³-hybridized carbons (Fsp3) is 0.294. The number of ether oxygens (including phenoxy) is 1. The number of nitrogens with one attached hydrogen (secondary N) is 1. The SMILES string of the molecule is COc1ccc(N2CCCC2=O)cc1S(=O)(=O)NCc1ccccn1. The second kappa shape index (κ2) is 7.20. The predicted molar refractivity (Wildman–Crippen MR) is 92.8 cm³/mol. The van der Waals surface area contributed by atoms with Crippen LogP contribution in [0.25, 0.3) is 0 Å². The van der Waals surface area contributed by atoms with E-state index in [2.05, 4.69) is 9.71 Å². The Morgan fingerprint density at radius 2 is 2.12 bits per heavy atom. The first-order valence-electron chi connectivity index (χ1n) is 7.89. The van der Waals surface area contributed by atoms with Crippen molar-refractivity contribution in [3.63, 3.8) is 0 Å². The van der Waals surface area contributed by atoms with E-state index >= 15 is 0 Å². The van der Waals surface area contributed by atoms with Crippen LogP contribution in [0.3, 0.4) is 0 Å². The van der Waals surface area contributed by atoms with Gasteiger partial charge in [0.1, 0.15) is 10.6 Å². The summed E-state index contributed by atoms with van der Waals surface area (Å²) in [5, 5.41) is 0. The van der Waals surface area contributed by atoms with E-state index in [4.69, 9.17) is 4.74 Å². The van der Waals surface area contributed by atoms with Crippen LogP contribution in [-0.4, -0.2) is 33.0 Å². The summed E-state index contributed by atoms with van der Waals surface area (Å²) in [6.07, 6.45) is 2.85. The molecule has 1 amide bonds. The normalized spacial score (nSPS) is 14.8. The number of aromatic nitrogens is 1. The lowest BCUT2D eigenvalue weighted by molar-refractivity contribution is -0.117. The minimum absolute atomic E-state index is 0.00290. The van der Waals surface area contributed by atoms with Crippen LogP contribution in [0.1, 0.15) is 18.5 Å². The fourth-order valence-corrected chi connectivity index (χ4v) is 3.90. The Bertz CT molecular complexity index is 869. The fourth-order valence-electron chi connectivity index (χ4n) is 2.71. The summed E-state index contributed by atoms with van der Waals surface area (Å²) in [5.41, 5.74) is 1.16. The van der Waals surface area contributed by atoms with Gasteiger partial charge in [0.25, 0.3) is 0 Å². The van der Waals surface area contributed by atoms with Crippen LogP contribution in [0.2, 0.25) is 0 Å². The number of nitrogens with zero attached hydrogens (tertiary/aromatic N) is 2. The molecule has 1 aliphatic heterocycles. The van der Waals surface area contributed by atoms with Crippen molar-refractivity contribution in [3.05, 3.63) is 48.3 Å². The van der Waals surface area contributed by atoms with Crippen LogP contribution in [0.4, 0.5) is 5.69 Å². The lowest BCUT2D eigenvalue weighted by atomic mass is 10.3. The molecule has 2 aromatic rings. The molecular formula is C17H19N3O4S. The zero-order chi connectivity index (χ0) is 17.9. The lowest BCUT2D eigenvalue weighted by Crippen LogP contribution is -2.26. The largest absolute Gasteiger partial charge is 0.495 e. The summed E-state index contributed by atoms with van der Waals surface area (Å²) in [6, 6.07) is 10.0. The van der Waals surface area contributed by atoms with Gasteiger partial charge in [-0.25, -0.2) is 13.1 Å². The lowest BCUT2D eigenvalue weighted by Gasteiger charge is -2.18. The van der Waals surface area contributed by atoms with E-state index in [0.717, 1.165) is 6.42 Å². The molecule has 0 saturated carbocycles. The van der Waals surface area contributed by atoms with E-state index in [9.17, 15) is 13.2 Å². The number of hydrogen-bond acceptors (Lipinski definition) is 5. The Kier molecular flexibility index (Phi) is 5.00. The molecule has 1 aromatic carbocycles. The molecule has 0 aliphatic carbocycles. The number of anilines is 1. The predicted octanol–water partition coefficient (Wildman–Crippen LogP) is 1.70. The second-order valence-electron chi connectivity index (χ2n) is 5.63. The molecule has 2 heterocycles. The number of benzene rings is 1. The van der Waals surface area contributed by atoms with Gasteiger partial charge in [0, 0.05) is 24.8 Å². The summed E-state index contributed by atoms with van der Waals surface area (Å²) in [4.78, 5) is 17.6. The highest BCUT2D eigenvalue weighted by atomic mass is 32.2. The van der Waals surface area contributed by atoms with E-state index in [1.807, 2.05) is 0 Å². The minimum atomic E-state index is -3.82. The van der Waals surface area contributed by atoms with Crippen molar-refractivity contribution in [2.45, 2.75) is 24.3 Å². The molecule has 0 radical (unpaired) electrons. The van der Waals surface area contributed by atoms with Crippen LogP contribution in [0, 0.1) is 0 Å². The molecule has 3 rings (SSSR count). The van der Waals surface area contributed by atoms with Gasteiger partial charge in [0.15, 0.2) is 0 Å². The van der Waals surface area contributed by atoms with E-state index in [-0.39, 0.29) is 23.1 Å². The van der Waals surface area contributed by atoms with Gasteiger partial charge in [-0.1, -0.05) is 6.07 Å². The molecule has 25 heavy (non-hydrogen) atoms. The third-order valence-corrected chi connectivity index (χ3v) is 5.41.